The molecule has 3 saturated heterocycles. The van der Waals surface area contributed by atoms with E-state index in [4.69, 9.17) is 18.9 Å². The van der Waals surface area contributed by atoms with Crippen LogP contribution >= 0.6 is 22.6 Å². The molecule has 0 aromatic heterocycles. The van der Waals surface area contributed by atoms with Crippen molar-refractivity contribution >= 4 is 28.5 Å². The minimum Gasteiger partial charge on any atom is -0.478 e. The third-order valence-corrected chi connectivity index (χ3v) is 6.29. The molecular weight excluding hydrogens is 449 g/mol. The summed E-state index contributed by atoms with van der Waals surface area (Å²) < 4.78 is 24.0. The quantitative estimate of drug-likeness (QED) is 0.286. The molecule has 3 aliphatic heterocycles. The minimum atomic E-state index is -0.653. The Hall–Kier alpha value is -1.16. The maximum absolute atomic E-state index is 12.6. The largest absolute Gasteiger partial charge is 0.478 e. The SMILES string of the molecule is C=CCN1C(=O)[C@@H](Oc2ccccc2)[C@H]1[C@H]1O[C@@H]2OC(C)(C)O[C@@H]2[C@@H]1I. The molecule has 26 heavy (non-hydrogen) atoms. The fourth-order valence-electron chi connectivity index (χ4n) is 3.77. The monoisotopic (exact) mass is 471 g/mol. The molecule has 0 bridgehead atoms. The summed E-state index contributed by atoms with van der Waals surface area (Å²) in [7, 11) is 0. The maximum atomic E-state index is 12.6. The molecule has 0 N–H and O–H groups in total. The van der Waals surface area contributed by atoms with Crippen LogP contribution in [0.15, 0.2) is 43.0 Å². The number of amides is 1. The number of nitrogens with zero attached hydrogens (tertiary/aromatic N) is 1. The Morgan fingerprint density at radius 2 is 2.00 bits per heavy atom. The van der Waals surface area contributed by atoms with Gasteiger partial charge in [-0.15, -0.1) is 6.58 Å². The van der Waals surface area contributed by atoms with Crippen LogP contribution in [0.25, 0.3) is 0 Å². The van der Waals surface area contributed by atoms with Crippen LogP contribution in [-0.4, -0.2) is 57.7 Å². The number of carbonyl (C=O) groups excluding carboxylic acids is 1. The summed E-state index contributed by atoms with van der Waals surface area (Å²) in [6.07, 6.45) is 0.335. The van der Waals surface area contributed by atoms with Crippen molar-refractivity contribution in [1.29, 1.82) is 0 Å². The van der Waals surface area contributed by atoms with Gasteiger partial charge in [-0.3, -0.25) is 4.79 Å². The van der Waals surface area contributed by atoms with Crippen LogP contribution in [-0.2, 0) is 19.0 Å². The number of hydrogen-bond acceptors (Lipinski definition) is 5. The van der Waals surface area contributed by atoms with Crippen LogP contribution in [0.3, 0.4) is 0 Å². The van der Waals surface area contributed by atoms with E-state index in [2.05, 4.69) is 29.2 Å². The molecular formula is C19H22INO5. The predicted octanol–water partition coefficient (Wildman–Crippen LogP) is 2.51. The molecule has 0 radical (unpaired) electrons. The van der Waals surface area contributed by atoms with Gasteiger partial charge in [0.2, 0.25) is 0 Å². The molecule has 1 amide bonds. The number of benzene rings is 1. The van der Waals surface area contributed by atoms with E-state index in [0.717, 1.165) is 0 Å². The number of ether oxygens (including phenoxy) is 4. The van der Waals surface area contributed by atoms with E-state index in [1.807, 2.05) is 44.2 Å². The first-order valence-electron chi connectivity index (χ1n) is 8.69. The van der Waals surface area contributed by atoms with E-state index in [-0.39, 0.29) is 28.1 Å². The standard InChI is InChI=1S/C19H22INO5/c1-4-10-21-13(16(17(21)22)23-11-8-6-5-7-9-11)14-12(20)15-18(24-14)26-19(2,3)25-15/h4-9,12-16,18H,1,10H2,2-3H3/t12-,13-,14+,15-,16+,18-/m1/s1. The normalized spacial score (nSPS) is 38.0. The van der Waals surface area contributed by atoms with Crippen molar-refractivity contribution in [3.63, 3.8) is 0 Å². The number of likely N-dealkylation sites (tertiary alicyclic amines) is 1. The topological polar surface area (TPSA) is 57.2 Å². The predicted molar refractivity (Wildman–Crippen MR) is 103 cm³/mol. The summed E-state index contributed by atoms with van der Waals surface area (Å²) in [4.78, 5) is 14.4. The highest BCUT2D eigenvalue weighted by Gasteiger charge is 2.62. The third-order valence-electron chi connectivity index (χ3n) is 4.87. The van der Waals surface area contributed by atoms with Gasteiger partial charge in [-0.2, -0.15) is 0 Å². The van der Waals surface area contributed by atoms with E-state index in [9.17, 15) is 4.79 Å². The van der Waals surface area contributed by atoms with Gasteiger partial charge in [0.05, 0.1) is 10.0 Å². The first-order valence-corrected chi connectivity index (χ1v) is 9.94. The summed E-state index contributed by atoms with van der Waals surface area (Å²) in [6, 6.07) is 9.17. The molecule has 3 heterocycles. The lowest BCUT2D eigenvalue weighted by Crippen LogP contribution is -2.72. The molecule has 7 heteroatoms. The van der Waals surface area contributed by atoms with Gasteiger partial charge in [-0.1, -0.05) is 46.9 Å². The molecule has 6 nitrogen and oxygen atoms in total. The number of carbonyl (C=O) groups is 1. The number of para-hydroxylation sites is 1. The smallest absolute Gasteiger partial charge is 0.266 e. The third kappa shape index (κ3) is 3.04. The Bertz CT molecular complexity index is 696. The number of halogens is 1. The van der Waals surface area contributed by atoms with Crippen molar-refractivity contribution in [3.05, 3.63) is 43.0 Å². The van der Waals surface area contributed by atoms with Crippen molar-refractivity contribution in [2.75, 3.05) is 6.54 Å². The van der Waals surface area contributed by atoms with Crippen LogP contribution in [0.1, 0.15) is 13.8 Å². The molecule has 1 aromatic rings. The Balaban J connectivity index is 1.54. The molecule has 6 atom stereocenters. The van der Waals surface area contributed by atoms with Gasteiger partial charge < -0.3 is 23.8 Å². The Morgan fingerprint density at radius 3 is 2.65 bits per heavy atom. The van der Waals surface area contributed by atoms with Gasteiger partial charge in [-0.25, -0.2) is 0 Å². The van der Waals surface area contributed by atoms with E-state index < -0.39 is 18.2 Å². The number of hydrogen-bond donors (Lipinski definition) is 0. The van der Waals surface area contributed by atoms with E-state index in [1.165, 1.54) is 0 Å². The summed E-state index contributed by atoms with van der Waals surface area (Å²) in [5.74, 6) is -0.0315. The van der Waals surface area contributed by atoms with E-state index in [1.54, 1.807) is 11.0 Å². The molecule has 3 aliphatic rings. The van der Waals surface area contributed by atoms with Gasteiger partial charge in [0.15, 0.2) is 18.2 Å². The lowest BCUT2D eigenvalue weighted by Gasteiger charge is -2.49. The summed E-state index contributed by atoms with van der Waals surface area (Å²) in [5, 5.41) is 0. The second kappa shape index (κ2) is 6.78. The second-order valence-corrected chi connectivity index (χ2v) is 8.57. The lowest BCUT2D eigenvalue weighted by molar-refractivity contribution is -0.220. The zero-order valence-corrected chi connectivity index (χ0v) is 16.9. The fourth-order valence-corrected chi connectivity index (χ4v) is 4.85. The number of fused-ring (bicyclic) bond motifs is 1. The average Bonchev–Trinajstić information content (AvgIpc) is 3.07. The van der Waals surface area contributed by atoms with Crippen molar-refractivity contribution in [2.45, 2.75) is 54.2 Å². The lowest BCUT2D eigenvalue weighted by atomic mass is 9.90. The molecule has 0 saturated carbocycles. The maximum Gasteiger partial charge on any atom is 0.266 e. The van der Waals surface area contributed by atoms with Crippen molar-refractivity contribution in [3.8, 4) is 5.75 Å². The zero-order chi connectivity index (χ0) is 18.5. The Kier molecular flexibility index (Phi) is 4.75. The average molecular weight is 471 g/mol. The first-order chi connectivity index (χ1) is 12.4. The van der Waals surface area contributed by atoms with Gasteiger partial charge in [0.25, 0.3) is 5.91 Å². The first kappa shape index (κ1) is 18.2. The number of rotatable bonds is 5. The van der Waals surface area contributed by atoms with Gasteiger partial charge >= 0.3 is 0 Å². The fraction of sp³-hybridized carbons (Fsp3) is 0.526. The highest BCUT2D eigenvalue weighted by Crippen LogP contribution is 2.44. The van der Waals surface area contributed by atoms with Gasteiger partial charge in [-0.05, 0) is 26.0 Å². The molecule has 0 spiro atoms. The molecule has 0 aliphatic carbocycles. The molecule has 140 valence electrons. The summed E-state index contributed by atoms with van der Waals surface area (Å²) in [5.41, 5.74) is 0. The van der Waals surface area contributed by atoms with Crippen LogP contribution < -0.4 is 4.74 Å². The van der Waals surface area contributed by atoms with E-state index in [0.29, 0.717) is 12.3 Å². The van der Waals surface area contributed by atoms with Crippen molar-refractivity contribution < 1.29 is 23.7 Å². The summed E-state index contributed by atoms with van der Waals surface area (Å²) in [6.45, 7) is 7.98. The number of β-lactam (4-membered cyclic amide) rings is 1. The van der Waals surface area contributed by atoms with Crippen molar-refractivity contribution in [2.24, 2.45) is 0 Å². The molecule has 3 fully saturated rings. The molecule has 1 aromatic carbocycles. The van der Waals surface area contributed by atoms with Crippen LogP contribution in [0.5, 0.6) is 5.75 Å². The molecule has 0 unspecified atom stereocenters. The molecule has 4 rings (SSSR count). The van der Waals surface area contributed by atoms with Gasteiger partial charge in [0, 0.05) is 6.54 Å². The van der Waals surface area contributed by atoms with Crippen LogP contribution in [0, 0.1) is 0 Å². The van der Waals surface area contributed by atoms with E-state index >= 15 is 0 Å². The Labute approximate surface area is 166 Å². The highest BCUT2D eigenvalue weighted by atomic mass is 127. The Morgan fingerprint density at radius 1 is 1.27 bits per heavy atom. The zero-order valence-electron chi connectivity index (χ0n) is 14.7. The van der Waals surface area contributed by atoms with Crippen LogP contribution in [0.2, 0.25) is 0 Å². The summed E-state index contributed by atoms with van der Waals surface area (Å²) >= 11 is 2.34. The van der Waals surface area contributed by atoms with Crippen LogP contribution in [0.4, 0.5) is 0 Å². The number of alkyl halides is 1. The minimum absolute atomic E-state index is 0.0478. The highest BCUT2D eigenvalue weighted by molar-refractivity contribution is 14.1. The van der Waals surface area contributed by atoms with Crippen molar-refractivity contribution in [1.82, 2.24) is 4.90 Å². The second-order valence-electron chi connectivity index (χ2n) is 7.14. The van der Waals surface area contributed by atoms with Gasteiger partial charge in [0.1, 0.15) is 17.9 Å².